The van der Waals surface area contributed by atoms with Crippen LogP contribution in [0.5, 0.6) is 0 Å². The second-order valence-corrected chi connectivity index (χ2v) is 4.02. The van der Waals surface area contributed by atoms with Crippen LogP contribution in [0.25, 0.3) is 0 Å². The molecular formula is C12H12F2N2O5. The molecule has 1 aromatic carbocycles. The predicted octanol–water partition coefficient (Wildman–Crippen LogP) is 1.40. The molecule has 1 rings (SSSR count). The first-order valence-electron chi connectivity index (χ1n) is 5.77. The number of amides is 2. The Balaban J connectivity index is 2.67. The molecule has 21 heavy (non-hydrogen) atoms. The van der Waals surface area contributed by atoms with Crippen LogP contribution in [0.1, 0.15) is 12.8 Å². The zero-order valence-electron chi connectivity index (χ0n) is 10.6. The smallest absolute Gasteiger partial charge is 0.326 e. The summed E-state index contributed by atoms with van der Waals surface area (Å²) in [5.41, 5.74) is -0.463. The summed E-state index contributed by atoms with van der Waals surface area (Å²) in [5, 5.41) is 21.2. The Labute approximate surface area is 117 Å². The molecule has 0 aromatic heterocycles. The minimum atomic E-state index is -1.46. The average molecular weight is 302 g/mol. The highest BCUT2D eigenvalue weighted by atomic mass is 19.2. The molecule has 7 nitrogen and oxygen atoms in total. The number of hydrogen-bond donors (Lipinski definition) is 4. The monoisotopic (exact) mass is 302 g/mol. The van der Waals surface area contributed by atoms with E-state index in [1.165, 1.54) is 0 Å². The predicted molar refractivity (Wildman–Crippen MR) is 66.8 cm³/mol. The molecule has 9 heteroatoms. The van der Waals surface area contributed by atoms with Gasteiger partial charge in [0.25, 0.3) is 0 Å². The summed E-state index contributed by atoms with van der Waals surface area (Å²) in [4.78, 5) is 32.7. The maximum absolute atomic E-state index is 13.3. The van der Waals surface area contributed by atoms with Crippen LogP contribution in [-0.2, 0) is 9.59 Å². The molecule has 0 radical (unpaired) electrons. The standard InChI is InChI=1S/C12H12F2N2O5/c13-6-2-1-3-7(10(6)14)15-12(21)16-8(11(19)20)4-5-9(17)18/h1-3,8H,4-5H2,(H,17,18)(H,19,20)(H2,15,16,21)/t8-/m0/s1. The van der Waals surface area contributed by atoms with Gasteiger partial charge in [0.2, 0.25) is 0 Å². The summed E-state index contributed by atoms with van der Waals surface area (Å²) in [6.07, 6.45) is -0.810. The molecule has 0 heterocycles. The van der Waals surface area contributed by atoms with Crippen molar-refractivity contribution >= 4 is 23.7 Å². The summed E-state index contributed by atoms with van der Waals surface area (Å²) < 4.78 is 26.2. The molecule has 0 aliphatic heterocycles. The first kappa shape index (κ1) is 16.3. The third-order valence-corrected chi connectivity index (χ3v) is 2.45. The van der Waals surface area contributed by atoms with E-state index in [1.807, 2.05) is 10.6 Å². The van der Waals surface area contributed by atoms with Gasteiger partial charge in [-0.25, -0.2) is 18.4 Å². The maximum atomic E-state index is 13.3. The van der Waals surface area contributed by atoms with E-state index in [0.717, 1.165) is 18.2 Å². The first-order chi connectivity index (χ1) is 9.81. The lowest BCUT2D eigenvalue weighted by Crippen LogP contribution is -2.43. The number of carboxylic acids is 2. The number of carbonyl (C=O) groups excluding carboxylic acids is 1. The fraction of sp³-hybridized carbons (Fsp3) is 0.250. The van der Waals surface area contributed by atoms with E-state index in [-0.39, 0.29) is 6.42 Å². The van der Waals surface area contributed by atoms with Crippen LogP contribution < -0.4 is 10.6 Å². The summed E-state index contributed by atoms with van der Waals surface area (Å²) >= 11 is 0. The van der Waals surface area contributed by atoms with Crippen LogP contribution in [0.15, 0.2) is 18.2 Å². The second kappa shape index (κ2) is 7.17. The van der Waals surface area contributed by atoms with Gasteiger partial charge in [-0.2, -0.15) is 0 Å². The van der Waals surface area contributed by atoms with Crippen LogP contribution in [-0.4, -0.2) is 34.2 Å². The van der Waals surface area contributed by atoms with Crippen LogP contribution in [0.4, 0.5) is 19.3 Å². The average Bonchev–Trinajstić information content (AvgIpc) is 2.39. The van der Waals surface area contributed by atoms with Crippen LogP contribution >= 0.6 is 0 Å². The van der Waals surface area contributed by atoms with E-state index < -0.39 is 47.8 Å². The minimum Gasteiger partial charge on any atom is -0.481 e. The number of anilines is 1. The van der Waals surface area contributed by atoms with Gasteiger partial charge < -0.3 is 20.8 Å². The zero-order valence-corrected chi connectivity index (χ0v) is 10.6. The summed E-state index contributed by atoms with van der Waals surface area (Å²) in [5.74, 6) is -5.12. The summed E-state index contributed by atoms with van der Waals surface area (Å²) in [7, 11) is 0. The molecule has 0 aliphatic rings. The van der Waals surface area contributed by atoms with Gasteiger partial charge in [-0.3, -0.25) is 4.79 Å². The van der Waals surface area contributed by atoms with Crippen molar-refractivity contribution in [2.45, 2.75) is 18.9 Å². The maximum Gasteiger partial charge on any atom is 0.326 e. The first-order valence-corrected chi connectivity index (χ1v) is 5.77. The molecule has 114 valence electrons. The number of urea groups is 1. The van der Waals surface area contributed by atoms with Crippen LogP contribution in [0.3, 0.4) is 0 Å². The third-order valence-electron chi connectivity index (χ3n) is 2.45. The molecular weight excluding hydrogens is 290 g/mol. The Bertz CT molecular complexity index is 565. The van der Waals surface area contributed by atoms with Gasteiger partial charge in [0, 0.05) is 6.42 Å². The Kier molecular flexibility index (Phi) is 5.58. The van der Waals surface area contributed by atoms with Gasteiger partial charge >= 0.3 is 18.0 Å². The topological polar surface area (TPSA) is 116 Å². The van der Waals surface area contributed by atoms with Gasteiger partial charge in [-0.15, -0.1) is 0 Å². The van der Waals surface area contributed by atoms with E-state index in [0.29, 0.717) is 0 Å². The van der Waals surface area contributed by atoms with Crippen LogP contribution in [0.2, 0.25) is 0 Å². The van der Waals surface area contributed by atoms with Gasteiger partial charge in [-0.05, 0) is 18.6 Å². The summed E-state index contributed by atoms with van der Waals surface area (Å²) in [6.45, 7) is 0. The highest BCUT2D eigenvalue weighted by Crippen LogP contribution is 2.16. The molecule has 1 aromatic rings. The molecule has 2 amide bonds. The minimum absolute atomic E-state index is 0.344. The molecule has 0 saturated heterocycles. The van der Waals surface area contributed by atoms with E-state index in [9.17, 15) is 23.2 Å². The van der Waals surface area contributed by atoms with Crippen molar-refractivity contribution in [3.8, 4) is 0 Å². The van der Waals surface area contributed by atoms with Crippen molar-refractivity contribution in [1.82, 2.24) is 5.32 Å². The number of benzene rings is 1. The summed E-state index contributed by atoms with van der Waals surface area (Å²) in [6, 6.07) is 0.554. The zero-order chi connectivity index (χ0) is 16.0. The Morgan fingerprint density at radius 2 is 1.86 bits per heavy atom. The number of halogens is 2. The van der Waals surface area contributed by atoms with E-state index in [4.69, 9.17) is 10.2 Å². The van der Waals surface area contributed by atoms with Crippen molar-refractivity contribution < 1.29 is 33.4 Å². The van der Waals surface area contributed by atoms with Crippen molar-refractivity contribution in [3.05, 3.63) is 29.8 Å². The van der Waals surface area contributed by atoms with E-state index in [1.54, 1.807) is 0 Å². The highest BCUT2D eigenvalue weighted by molar-refractivity contribution is 5.92. The van der Waals surface area contributed by atoms with Gasteiger partial charge in [0.1, 0.15) is 6.04 Å². The molecule has 4 N–H and O–H groups in total. The Morgan fingerprint density at radius 3 is 2.43 bits per heavy atom. The molecule has 0 bridgehead atoms. The number of rotatable bonds is 6. The number of carboxylic acid groups (broad SMARTS) is 2. The Hall–Kier alpha value is -2.71. The lowest BCUT2D eigenvalue weighted by atomic mass is 10.1. The lowest BCUT2D eigenvalue weighted by Gasteiger charge is -2.14. The number of carbonyl (C=O) groups is 3. The number of aliphatic carboxylic acids is 2. The fourth-order valence-electron chi connectivity index (χ4n) is 1.44. The SMILES string of the molecule is O=C(O)CC[C@H](NC(=O)Nc1cccc(F)c1F)C(=O)O. The molecule has 0 saturated carbocycles. The van der Waals surface area contributed by atoms with Crippen molar-refractivity contribution in [2.24, 2.45) is 0 Å². The Morgan fingerprint density at radius 1 is 1.19 bits per heavy atom. The third kappa shape index (κ3) is 5.05. The molecule has 0 fully saturated rings. The van der Waals surface area contributed by atoms with Crippen molar-refractivity contribution in [1.29, 1.82) is 0 Å². The molecule has 0 spiro atoms. The molecule has 0 unspecified atom stereocenters. The number of hydrogen-bond acceptors (Lipinski definition) is 3. The van der Waals surface area contributed by atoms with E-state index in [2.05, 4.69) is 0 Å². The second-order valence-electron chi connectivity index (χ2n) is 4.02. The quantitative estimate of drug-likeness (QED) is 0.634. The van der Waals surface area contributed by atoms with Crippen molar-refractivity contribution in [3.63, 3.8) is 0 Å². The van der Waals surface area contributed by atoms with Gasteiger partial charge in [0.05, 0.1) is 5.69 Å². The number of nitrogens with one attached hydrogen (secondary N) is 2. The van der Waals surface area contributed by atoms with Crippen molar-refractivity contribution in [2.75, 3.05) is 5.32 Å². The van der Waals surface area contributed by atoms with E-state index >= 15 is 0 Å². The fourth-order valence-corrected chi connectivity index (χ4v) is 1.44. The van der Waals surface area contributed by atoms with Gasteiger partial charge in [-0.1, -0.05) is 6.07 Å². The molecule has 0 aliphatic carbocycles. The highest BCUT2D eigenvalue weighted by Gasteiger charge is 2.21. The lowest BCUT2D eigenvalue weighted by molar-refractivity contribution is -0.140. The normalized spacial score (nSPS) is 11.5. The van der Waals surface area contributed by atoms with Gasteiger partial charge in [0.15, 0.2) is 11.6 Å². The van der Waals surface area contributed by atoms with Crippen LogP contribution in [0, 0.1) is 11.6 Å². The molecule has 1 atom stereocenters. The largest absolute Gasteiger partial charge is 0.481 e.